The van der Waals surface area contributed by atoms with Crippen molar-refractivity contribution in [2.75, 3.05) is 19.0 Å². The van der Waals surface area contributed by atoms with Crippen molar-refractivity contribution in [1.82, 2.24) is 10.2 Å². The second-order valence-electron chi connectivity index (χ2n) is 2.90. The lowest BCUT2D eigenvalue weighted by molar-refractivity contribution is 0.164. The molecule has 0 unspecified atom stereocenters. The maximum atomic E-state index is 5.50. The first-order valence-corrected chi connectivity index (χ1v) is 6.84. The van der Waals surface area contributed by atoms with Gasteiger partial charge in [-0.3, -0.25) is 0 Å². The van der Waals surface area contributed by atoms with Gasteiger partial charge in [-0.05, 0) is 18.4 Å². The third-order valence-corrected chi connectivity index (χ3v) is 3.44. The van der Waals surface area contributed by atoms with Crippen LogP contribution in [-0.4, -0.2) is 29.2 Å². The number of thioether (sulfide) groups is 1. The fraction of sp³-hybridized carbons (Fsp3) is 0.400. The summed E-state index contributed by atoms with van der Waals surface area (Å²) in [4.78, 5) is 1.00. The van der Waals surface area contributed by atoms with Gasteiger partial charge in [-0.1, -0.05) is 17.8 Å². The molecule has 0 bridgehead atoms. The third kappa shape index (κ3) is 3.07. The van der Waals surface area contributed by atoms with Gasteiger partial charge >= 0.3 is 0 Å². The molecule has 2 rings (SSSR count). The van der Waals surface area contributed by atoms with Crippen LogP contribution in [0.5, 0.6) is 0 Å². The Balaban J connectivity index is 1.88. The Labute approximate surface area is 102 Å². The van der Waals surface area contributed by atoms with E-state index in [0.717, 1.165) is 17.2 Å². The molecule has 16 heavy (non-hydrogen) atoms. The standard InChI is InChI=1S/C10H12N2O2S2/c1-2-13-5-7-16-10-12-11-9(14-10)8-4-3-6-15-8/h3-4,6H,2,5,7H2,1H3. The highest BCUT2D eigenvalue weighted by Gasteiger charge is 2.09. The number of rotatable bonds is 6. The lowest BCUT2D eigenvalue weighted by atomic mass is 10.5. The first-order chi connectivity index (χ1) is 7.90. The van der Waals surface area contributed by atoms with Crippen LogP contribution in [0, 0.1) is 0 Å². The minimum Gasteiger partial charge on any atom is -0.410 e. The van der Waals surface area contributed by atoms with E-state index < -0.39 is 0 Å². The Kier molecular flexibility index (Phi) is 4.38. The summed E-state index contributed by atoms with van der Waals surface area (Å²) in [5, 5.41) is 10.5. The fourth-order valence-corrected chi connectivity index (χ4v) is 2.36. The van der Waals surface area contributed by atoms with Crippen molar-refractivity contribution in [1.29, 1.82) is 0 Å². The van der Waals surface area contributed by atoms with Crippen molar-refractivity contribution in [3.8, 4) is 10.8 Å². The zero-order valence-electron chi connectivity index (χ0n) is 8.88. The minimum absolute atomic E-state index is 0.592. The van der Waals surface area contributed by atoms with Crippen LogP contribution < -0.4 is 0 Å². The highest BCUT2D eigenvalue weighted by atomic mass is 32.2. The molecule has 0 N–H and O–H groups in total. The molecule has 0 radical (unpaired) electrons. The van der Waals surface area contributed by atoms with Gasteiger partial charge in [0.15, 0.2) is 0 Å². The number of hydrogen-bond acceptors (Lipinski definition) is 6. The van der Waals surface area contributed by atoms with Crippen LogP contribution in [0.4, 0.5) is 0 Å². The Hall–Kier alpha value is -0.850. The molecule has 0 aromatic carbocycles. The number of thiophene rings is 1. The van der Waals surface area contributed by atoms with Gasteiger partial charge in [-0.15, -0.1) is 21.5 Å². The summed E-state index contributed by atoms with van der Waals surface area (Å²) in [7, 11) is 0. The number of hydrogen-bond donors (Lipinski definition) is 0. The first kappa shape index (κ1) is 11.6. The summed E-state index contributed by atoms with van der Waals surface area (Å²) < 4.78 is 10.7. The lowest BCUT2D eigenvalue weighted by Crippen LogP contribution is -1.95. The molecule has 0 atom stereocenters. The van der Waals surface area contributed by atoms with Gasteiger partial charge in [0.1, 0.15) is 0 Å². The van der Waals surface area contributed by atoms with Crippen molar-refractivity contribution in [3.05, 3.63) is 17.5 Å². The van der Waals surface area contributed by atoms with E-state index in [1.165, 1.54) is 11.8 Å². The van der Waals surface area contributed by atoms with Crippen LogP contribution in [0.3, 0.4) is 0 Å². The highest BCUT2D eigenvalue weighted by molar-refractivity contribution is 7.99. The van der Waals surface area contributed by atoms with Gasteiger partial charge in [0.05, 0.1) is 11.5 Å². The summed E-state index contributed by atoms with van der Waals surface area (Å²) in [6.07, 6.45) is 0. The quantitative estimate of drug-likeness (QED) is 0.587. The van der Waals surface area contributed by atoms with Gasteiger partial charge < -0.3 is 9.15 Å². The van der Waals surface area contributed by atoms with E-state index >= 15 is 0 Å². The molecule has 4 nitrogen and oxygen atoms in total. The molecule has 2 heterocycles. The lowest BCUT2D eigenvalue weighted by Gasteiger charge is -1.96. The smallest absolute Gasteiger partial charge is 0.276 e. The monoisotopic (exact) mass is 256 g/mol. The second-order valence-corrected chi connectivity index (χ2v) is 4.89. The topological polar surface area (TPSA) is 48.2 Å². The number of aromatic nitrogens is 2. The van der Waals surface area contributed by atoms with Gasteiger partial charge in [0.2, 0.25) is 0 Å². The molecule has 6 heteroatoms. The van der Waals surface area contributed by atoms with E-state index in [2.05, 4.69) is 10.2 Å². The number of ether oxygens (including phenoxy) is 1. The summed E-state index contributed by atoms with van der Waals surface area (Å²) in [5.41, 5.74) is 0. The second kappa shape index (κ2) is 6.03. The molecule has 2 aromatic heterocycles. The Bertz CT molecular complexity index is 414. The fourth-order valence-electron chi connectivity index (χ4n) is 1.10. The number of nitrogens with zero attached hydrogens (tertiary/aromatic N) is 2. The van der Waals surface area contributed by atoms with Crippen LogP contribution >= 0.6 is 23.1 Å². The van der Waals surface area contributed by atoms with Crippen molar-refractivity contribution in [2.45, 2.75) is 12.1 Å². The molecule has 0 aliphatic heterocycles. The minimum atomic E-state index is 0.592. The van der Waals surface area contributed by atoms with E-state index in [9.17, 15) is 0 Å². The van der Waals surface area contributed by atoms with E-state index in [1.54, 1.807) is 11.3 Å². The van der Waals surface area contributed by atoms with Crippen molar-refractivity contribution >= 4 is 23.1 Å². The molecule has 0 aliphatic carbocycles. The summed E-state index contributed by atoms with van der Waals surface area (Å²) in [6.45, 7) is 3.43. The molecular weight excluding hydrogens is 244 g/mol. The molecule has 0 fully saturated rings. The molecule has 0 saturated carbocycles. The molecule has 0 amide bonds. The molecule has 86 valence electrons. The molecule has 0 aliphatic rings. The normalized spacial score (nSPS) is 10.8. The van der Waals surface area contributed by atoms with Crippen molar-refractivity contribution in [3.63, 3.8) is 0 Å². The summed E-state index contributed by atoms with van der Waals surface area (Å²) in [6, 6.07) is 3.93. The molecule has 2 aromatic rings. The Morgan fingerprint density at radius 2 is 2.44 bits per heavy atom. The van der Waals surface area contributed by atoms with Gasteiger partial charge in [-0.25, -0.2) is 0 Å². The summed E-state index contributed by atoms with van der Waals surface area (Å²) >= 11 is 3.11. The largest absolute Gasteiger partial charge is 0.410 e. The predicted molar refractivity (Wildman–Crippen MR) is 64.8 cm³/mol. The van der Waals surface area contributed by atoms with E-state index in [0.29, 0.717) is 17.7 Å². The molecule has 0 saturated heterocycles. The molecular formula is C10H12N2O2S2. The maximum absolute atomic E-state index is 5.50. The average Bonchev–Trinajstić information content (AvgIpc) is 2.94. The zero-order chi connectivity index (χ0) is 11.2. The third-order valence-electron chi connectivity index (χ3n) is 1.80. The predicted octanol–water partition coefficient (Wildman–Crippen LogP) is 2.93. The van der Waals surface area contributed by atoms with E-state index in [-0.39, 0.29) is 0 Å². The summed E-state index contributed by atoms with van der Waals surface area (Å²) in [5.74, 6) is 1.42. The maximum Gasteiger partial charge on any atom is 0.276 e. The van der Waals surface area contributed by atoms with Crippen molar-refractivity contribution < 1.29 is 9.15 Å². The van der Waals surface area contributed by atoms with Gasteiger partial charge in [0, 0.05) is 12.4 Å². The Morgan fingerprint density at radius 1 is 1.50 bits per heavy atom. The average molecular weight is 256 g/mol. The first-order valence-electron chi connectivity index (χ1n) is 4.98. The van der Waals surface area contributed by atoms with Crippen LogP contribution in [-0.2, 0) is 4.74 Å². The molecule has 0 spiro atoms. The van der Waals surface area contributed by atoms with E-state index in [4.69, 9.17) is 9.15 Å². The van der Waals surface area contributed by atoms with Gasteiger partial charge in [-0.2, -0.15) is 0 Å². The highest BCUT2D eigenvalue weighted by Crippen LogP contribution is 2.26. The van der Waals surface area contributed by atoms with Crippen LogP contribution in [0.2, 0.25) is 0 Å². The zero-order valence-corrected chi connectivity index (χ0v) is 10.5. The Morgan fingerprint density at radius 3 is 3.19 bits per heavy atom. The van der Waals surface area contributed by atoms with Crippen LogP contribution in [0.25, 0.3) is 10.8 Å². The van der Waals surface area contributed by atoms with E-state index in [1.807, 2.05) is 24.4 Å². The SMILES string of the molecule is CCOCCSc1nnc(-c2cccs2)o1. The van der Waals surface area contributed by atoms with Crippen LogP contribution in [0.15, 0.2) is 27.2 Å². The van der Waals surface area contributed by atoms with Crippen LogP contribution in [0.1, 0.15) is 6.92 Å². The van der Waals surface area contributed by atoms with Crippen molar-refractivity contribution in [2.24, 2.45) is 0 Å². The van der Waals surface area contributed by atoms with Gasteiger partial charge in [0.25, 0.3) is 11.1 Å².